The van der Waals surface area contributed by atoms with Crippen molar-refractivity contribution in [1.82, 2.24) is 23.1 Å². The van der Waals surface area contributed by atoms with Gasteiger partial charge in [0.05, 0.1) is 18.3 Å². The van der Waals surface area contributed by atoms with Crippen LogP contribution < -0.4 is 11.2 Å². The van der Waals surface area contributed by atoms with E-state index in [1.54, 1.807) is 11.4 Å². The van der Waals surface area contributed by atoms with Crippen LogP contribution in [0.4, 0.5) is 0 Å². The van der Waals surface area contributed by atoms with Crippen LogP contribution in [-0.2, 0) is 25.4 Å². The zero-order valence-corrected chi connectivity index (χ0v) is 16.9. The maximum Gasteiger partial charge on any atom is 0.332 e. The van der Waals surface area contributed by atoms with Gasteiger partial charge in [0.15, 0.2) is 11.2 Å². The summed E-state index contributed by atoms with van der Waals surface area (Å²) in [5.41, 5.74) is 1.87. The summed E-state index contributed by atoms with van der Waals surface area (Å²) in [5, 5.41) is 0.657. The van der Waals surface area contributed by atoms with E-state index in [1.165, 1.54) is 11.6 Å². The Hall–Kier alpha value is -2.84. The van der Waals surface area contributed by atoms with Crippen LogP contribution in [-0.4, -0.2) is 35.8 Å². The van der Waals surface area contributed by atoms with E-state index in [0.717, 1.165) is 35.3 Å². The number of rotatable bonds is 3. The van der Waals surface area contributed by atoms with Gasteiger partial charge in [-0.15, -0.1) is 0 Å². The van der Waals surface area contributed by atoms with Crippen LogP contribution in [0.1, 0.15) is 12.8 Å². The topological polar surface area (TPSA) is 75.5 Å². The maximum absolute atomic E-state index is 12.9. The fourth-order valence-corrected chi connectivity index (χ4v) is 4.16. The molecule has 5 rings (SSSR count). The van der Waals surface area contributed by atoms with Crippen LogP contribution in [0.5, 0.6) is 0 Å². The first-order valence-corrected chi connectivity index (χ1v) is 9.88. The highest BCUT2D eigenvalue weighted by Crippen LogP contribution is 2.28. The van der Waals surface area contributed by atoms with Crippen molar-refractivity contribution in [3.05, 3.63) is 56.3 Å². The molecule has 4 heterocycles. The molecule has 150 valence electrons. The van der Waals surface area contributed by atoms with Crippen LogP contribution in [0.25, 0.3) is 28.2 Å². The summed E-state index contributed by atoms with van der Waals surface area (Å²) in [7, 11) is 3.11. The minimum Gasteiger partial charge on any atom is -0.376 e. The number of aromatic nitrogens is 5. The third-order valence-electron chi connectivity index (χ3n) is 5.61. The molecular weight excluding hydrogens is 394 g/mol. The van der Waals surface area contributed by atoms with Gasteiger partial charge in [0.1, 0.15) is 0 Å². The van der Waals surface area contributed by atoms with Gasteiger partial charge in [-0.2, -0.15) is 4.98 Å². The SMILES string of the molecule is Cn1c(=O)c2c(nc3n(CC4CCCO4)c(-c4ccc(Cl)cc4)cn23)n(C)c1=O. The van der Waals surface area contributed by atoms with Gasteiger partial charge in [0.2, 0.25) is 5.78 Å². The van der Waals surface area contributed by atoms with Crippen LogP contribution in [0.15, 0.2) is 40.1 Å². The number of hydrogen-bond acceptors (Lipinski definition) is 4. The van der Waals surface area contributed by atoms with Gasteiger partial charge in [0.25, 0.3) is 5.56 Å². The van der Waals surface area contributed by atoms with Crippen molar-refractivity contribution in [2.75, 3.05) is 6.61 Å². The minimum absolute atomic E-state index is 0.0868. The Labute approximate surface area is 170 Å². The molecule has 9 heteroatoms. The molecule has 1 unspecified atom stereocenters. The van der Waals surface area contributed by atoms with Gasteiger partial charge in [-0.1, -0.05) is 23.7 Å². The molecule has 0 saturated carbocycles. The number of aryl methyl sites for hydroxylation is 1. The third-order valence-corrected chi connectivity index (χ3v) is 5.86. The van der Waals surface area contributed by atoms with Crippen LogP contribution in [0.2, 0.25) is 5.02 Å². The fraction of sp³-hybridized carbons (Fsp3) is 0.350. The Balaban J connectivity index is 1.83. The second kappa shape index (κ2) is 6.60. The zero-order valence-electron chi connectivity index (χ0n) is 16.1. The highest BCUT2D eigenvalue weighted by Gasteiger charge is 2.24. The molecule has 1 aliphatic rings. The summed E-state index contributed by atoms with van der Waals surface area (Å²) in [4.78, 5) is 29.9. The quantitative estimate of drug-likeness (QED) is 0.516. The predicted molar refractivity (Wildman–Crippen MR) is 111 cm³/mol. The third kappa shape index (κ3) is 2.74. The van der Waals surface area contributed by atoms with Crippen molar-refractivity contribution in [3.8, 4) is 11.3 Å². The second-order valence-electron chi connectivity index (χ2n) is 7.43. The molecule has 0 radical (unpaired) electrons. The molecule has 29 heavy (non-hydrogen) atoms. The summed E-state index contributed by atoms with van der Waals surface area (Å²) in [6.45, 7) is 1.37. The molecular formula is C20H20ClN5O3. The monoisotopic (exact) mass is 413 g/mol. The van der Waals surface area contributed by atoms with E-state index in [0.29, 0.717) is 28.5 Å². The van der Waals surface area contributed by atoms with E-state index in [9.17, 15) is 9.59 Å². The number of imidazole rings is 2. The number of hydrogen-bond donors (Lipinski definition) is 0. The van der Waals surface area contributed by atoms with Crippen molar-refractivity contribution >= 4 is 28.5 Å². The van der Waals surface area contributed by atoms with Gasteiger partial charge in [-0.3, -0.25) is 18.3 Å². The van der Waals surface area contributed by atoms with E-state index in [4.69, 9.17) is 16.3 Å². The number of fused-ring (bicyclic) bond motifs is 3. The molecule has 1 fully saturated rings. The Kier molecular flexibility index (Phi) is 4.15. The van der Waals surface area contributed by atoms with Crippen molar-refractivity contribution in [2.45, 2.75) is 25.5 Å². The molecule has 8 nitrogen and oxygen atoms in total. The van der Waals surface area contributed by atoms with E-state index < -0.39 is 5.69 Å². The smallest absolute Gasteiger partial charge is 0.332 e. The lowest BCUT2D eigenvalue weighted by atomic mass is 10.1. The summed E-state index contributed by atoms with van der Waals surface area (Å²) in [6, 6.07) is 7.56. The molecule has 1 aromatic carbocycles. The summed E-state index contributed by atoms with van der Waals surface area (Å²) >= 11 is 6.06. The van der Waals surface area contributed by atoms with E-state index in [2.05, 4.69) is 9.55 Å². The molecule has 4 aromatic rings. The average molecular weight is 414 g/mol. The van der Waals surface area contributed by atoms with Gasteiger partial charge in [-0.05, 0) is 30.5 Å². The molecule has 0 bridgehead atoms. The molecule has 0 amide bonds. The Bertz CT molecular complexity index is 1350. The predicted octanol–water partition coefficient (Wildman–Crippen LogP) is 2.19. The average Bonchev–Trinajstić information content (AvgIpc) is 3.42. The van der Waals surface area contributed by atoms with Gasteiger partial charge < -0.3 is 9.30 Å². The van der Waals surface area contributed by atoms with Crippen LogP contribution >= 0.6 is 11.6 Å². The Morgan fingerprint density at radius 3 is 2.62 bits per heavy atom. The Morgan fingerprint density at radius 1 is 1.17 bits per heavy atom. The van der Waals surface area contributed by atoms with Crippen molar-refractivity contribution < 1.29 is 4.74 Å². The first kappa shape index (κ1) is 18.2. The number of nitrogens with zero attached hydrogens (tertiary/aromatic N) is 5. The lowest BCUT2D eigenvalue weighted by molar-refractivity contribution is 0.0981. The van der Waals surface area contributed by atoms with E-state index in [1.807, 2.05) is 30.5 Å². The normalized spacial score (nSPS) is 17.0. The van der Waals surface area contributed by atoms with Crippen LogP contribution in [0.3, 0.4) is 0 Å². The van der Waals surface area contributed by atoms with Gasteiger partial charge in [0, 0.05) is 31.9 Å². The minimum atomic E-state index is -0.396. The summed E-state index contributed by atoms with van der Waals surface area (Å²) in [6.07, 6.45) is 3.99. The summed E-state index contributed by atoms with van der Waals surface area (Å²) < 4.78 is 12.2. The number of benzene rings is 1. The van der Waals surface area contributed by atoms with Crippen molar-refractivity contribution in [3.63, 3.8) is 0 Å². The van der Waals surface area contributed by atoms with E-state index >= 15 is 0 Å². The molecule has 1 saturated heterocycles. The molecule has 0 spiro atoms. The molecule has 1 aliphatic heterocycles. The fourth-order valence-electron chi connectivity index (χ4n) is 4.04. The molecule has 0 N–H and O–H groups in total. The highest BCUT2D eigenvalue weighted by molar-refractivity contribution is 6.30. The number of halogens is 1. The van der Waals surface area contributed by atoms with Gasteiger partial charge in [-0.25, -0.2) is 4.79 Å². The summed E-state index contributed by atoms with van der Waals surface area (Å²) in [5.74, 6) is 0.610. The number of ether oxygens (including phenoxy) is 1. The standard InChI is InChI=1S/C20H20ClN5O3/c1-23-17-16(18(27)24(2)20(23)28)26-11-15(12-5-7-13(21)8-6-12)25(19(26)22-17)10-14-4-3-9-29-14/h5-8,11,14H,3-4,9-10H2,1-2H3. The van der Waals surface area contributed by atoms with Crippen molar-refractivity contribution in [1.29, 1.82) is 0 Å². The molecule has 0 aliphatic carbocycles. The lowest BCUT2D eigenvalue weighted by Gasteiger charge is -2.14. The first-order valence-electron chi connectivity index (χ1n) is 9.50. The maximum atomic E-state index is 12.9. The van der Waals surface area contributed by atoms with Crippen LogP contribution in [0, 0.1) is 0 Å². The molecule has 3 aromatic heterocycles. The van der Waals surface area contributed by atoms with E-state index in [-0.39, 0.29) is 11.7 Å². The molecule has 1 atom stereocenters. The lowest BCUT2D eigenvalue weighted by Crippen LogP contribution is -2.37. The largest absolute Gasteiger partial charge is 0.376 e. The van der Waals surface area contributed by atoms with Gasteiger partial charge >= 0.3 is 5.69 Å². The highest BCUT2D eigenvalue weighted by atomic mass is 35.5. The second-order valence-corrected chi connectivity index (χ2v) is 7.86. The Morgan fingerprint density at radius 2 is 1.93 bits per heavy atom. The first-order chi connectivity index (χ1) is 14.0. The zero-order chi connectivity index (χ0) is 20.3. The van der Waals surface area contributed by atoms with Crippen molar-refractivity contribution in [2.24, 2.45) is 14.1 Å².